The predicted octanol–water partition coefficient (Wildman–Crippen LogP) is 2.69. The molecule has 1 atom stereocenters. The molecule has 4 rings (SSSR count). The van der Waals surface area contributed by atoms with Crippen LogP contribution in [0.4, 0.5) is 5.69 Å². The van der Waals surface area contributed by atoms with E-state index in [1.54, 1.807) is 31.2 Å². The number of imide groups is 1. The molecule has 1 aliphatic heterocycles. The van der Waals surface area contributed by atoms with Gasteiger partial charge < -0.3 is 5.32 Å². The summed E-state index contributed by atoms with van der Waals surface area (Å²) in [5.74, 6) is -1.22. The minimum absolute atomic E-state index is 0.195. The van der Waals surface area contributed by atoms with Gasteiger partial charge in [0.05, 0.1) is 22.3 Å². The number of anilines is 1. The zero-order valence-electron chi connectivity index (χ0n) is 16.1. The first-order chi connectivity index (χ1) is 14.4. The van der Waals surface area contributed by atoms with E-state index in [-0.39, 0.29) is 35.8 Å². The van der Waals surface area contributed by atoms with Crippen molar-refractivity contribution in [3.63, 3.8) is 0 Å². The lowest BCUT2D eigenvalue weighted by atomic mass is 9.98. The van der Waals surface area contributed by atoms with E-state index in [1.165, 1.54) is 4.68 Å². The number of para-hydroxylation sites is 1. The Morgan fingerprint density at radius 3 is 2.60 bits per heavy atom. The Morgan fingerprint density at radius 2 is 1.93 bits per heavy atom. The molecule has 30 heavy (non-hydrogen) atoms. The number of carbonyl (C=O) groups excluding carboxylic acids is 3. The lowest BCUT2D eigenvalue weighted by Gasteiger charge is -2.08. The average molecular weight is 424 g/mol. The molecule has 1 fully saturated rings. The lowest BCUT2D eigenvalue weighted by Crippen LogP contribution is -2.22. The summed E-state index contributed by atoms with van der Waals surface area (Å²) in [4.78, 5) is 35.7. The summed E-state index contributed by atoms with van der Waals surface area (Å²) in [6, 6.07) is 14.3. The number of amides is 3. The molecular formula is C21H18ClN5O3. The van der Waals surface area contributed by atoms with Crippen molar-refractivity contribution < 1.29 is 14.4 Å². The summed E-state index contributed by atoms with van der Waals surface area (Å²) in [5.41, 5.74) is 2.89. The van der Waals surface area contributed by atoms with Crippen LogP contribution in [0.2, 0.25) is 5.02 Å². The van der Waals surface area contributed by atoms with Crippen LogP contribution in [0.15, 0.2) is 48.5 Å². The Balaban J connectivity index is 1.45. The van der Waals surface area contributed by atoms with Crippen LogP contribution in [0.1, 0.15) is 28.2 Å². The topological polar surface area (TPSA) is 106 Å². The lowest BCUT2D eigenvalue weighted by molar-refractivity contribution is -0.125. The molecule has 3 amide bonds. The predicted molar refractivity (Wildman–Crippen MR) is 110 cm³/mol. The number of carbonyl (C=O) groups is 3. The van der Waals surface area contributed by atoms with E-state index in [2.05, 4.69) is 20.9 Å². The number of hydrogen-bond acceptors (Lipinski definition) is 5. The Bertz CT molecular complexity index is 1140. The Hall–Kier alpha value is -3.52. The van der Waals surface area contributed by atoms with Gasteiger partial charge >= 0.3 is 0 Å². The summed E-state index contributed by atoms with van der Waals surface area (Å²) in [5, 5.41) is 13.7. The van der Waals surface area contributed by atoms with Crippen LogP contribution in [-0.4, -0.2) is 32.7 Å². The number of nitrogens with zero attached hydrogens (tertiary/aromatic N) is 3. The fourth-order valence-electron chi connectivity index (χ4n) is 3.36. The van der Waals surface area contributed by atoms with Crippen molar-refractivity contribution in [2.24, 2.45) is 5.92 Å². The van der Waals surface area contributed by atoms with E-state index in [9.17, 15) is 14.4 Å². The number of halogens is 1. The van der Waals surface area contributed by atoms with E-state index in [0.717, 1.165) is 5.56 Å². The van der Waals surface area contributed by atoms with E-state index < -0.39 is 0 Å². The van der Waals surface area contributed by atoms with Crippen molar-refractivity contribution >= 4 is 35.0 Å². The molecule has 0 saturated carbocycles. The number of nitrogens with one attached hydrogen (secondary N) is 2. The summed E-state index contributed by atoms with van der Waals surface area (Å²) in [6.45, 7) is 1.75. The molecule has 1 aromatic heterocycles. The molecule has 2 N–H and O–H groups in total. The first-order valence-corrected chi connectivity index (χ1v) is 9.71. The molecule has 0 bridgehead atoms. The van der Waals surface area contributed by atoms with Gasteiger partial charge in [-0.05, 0) is 43.2 Å². The summed E-state index contributed by atoms with van der Waals surface area (Å²) in [6.07, 6.45) is 0.675. The highest BCUT2D eigenvalue weighted by Crippen LogP contribution is 2.22. The number of hydrogen-bond donors (Lipinski definition) is 2. The molecule has 1 unspecified atom stereocenters. The van der Waals surface area contributed by atoms with Gasteiger partial charge in [-0.2, -0.15) is 0 Å². The first kappa shape index (κ1) is 19.8. The molecule has 2 heterocycles. The van der Waals surface area contributed by atoms with E-state index in [0.29, 0.717) is 28.5 Å². The molecule has 0 spiro atoms. The maximum Gasteiger partial charge on any atom is 0.278 e. The van der Waals surface area contributed by atoms with Crippen molar-refractivity contribution in [3.8, 4) is 5.69 Å². The third-order valence-electron chi connectivity index (χ3n) is 4.95. The molecule has 1 aliphatic rings. The molecular weight excluding hydrogens is 406 g/mol. The standard InChI is InChI=1S/C21H18ClN5O3/c1-12-19(25-26-27(12)17-5-3-2-4-16(17)22)21(30)23-15-8-6-13(7-9-15)10-14-11-18(28)24-20(14)29/h2-9,14H,10-11H2,1H3,(H,23,30)(H,24,28,29). The maximum absolute atomic E-state index is 12.7. The van der Waals surface area contributed by atoms with Gasteiger partial charge in [0.2, 0.25) is 11.8 Å². The van der Waals surface area contributed by atoms with Crippen LogP contribution in [0, 0.1) is 12.8 Å². The molecule has 0 aliphatic carbocycles. The molecule has 1 saturated heterocycles. The van der Waals surface area contributed by atoms with E-state index in [1.807, 2.05) is 24.3 Å². The second-order valence-electron chi connectivity index (χ2n) is 7.06. The fourth-order valence-corrected chi connectivity index (χ4v) is 3.58. The van der Waals surface area contributed by atoms with Crippen molar-refractivity contribution in [2.45, 2.75) is 19.8 Å². The van der Waals surface area contributed by atoms with Crippen LogP contribution in [0.3, 0.4) is 0 Å². The van der Waals surface area contributed by atoms with E-state index in [4.69, 9.17) is 11.6 Å². The zero-order chi connectivity index (χ0) is 21.3. The summed E-state index contributed by atoms with van der Waals surface area (Å²) >= 11 is 6.21. The Kier molecular flexibility index (Phi) is 5.33. The summed E-state index contributed by atoms with van der Waals surface area (Å²) < 4.78 is 1.52. The van der Waals surface area contributed by atoms with Crippen molar-refractivity contribution in [2.75, 3.05) is 5.32 Å². The third-order valence-corrected chi connectivity index (χ3v) is 5.27. The summed E-state index contributed by atoms with van der Waals surface area (Å²) in [7, 11) is 0. The van der Waals surface area contributed by atoms with Crippen LogP contribution < -0.4 is 10.6 Å². The SMILES string of the molecule is Cc1c(C(=O)Nc2ccc(CC3CC(=O)NC3=O)cc2)nnn1-c1ccccc1Cl. The number of benzene rings is 2. The normalized spacial score (nSPS) is 15.9. The highest BCUT2D eigenvalue weighted by molar-refractivity contribution is 6.32. The zero-order valence-corrected chi connectivity index (χ0v) is 16.8. The van der Waals surface area contributed by atoms with Crippen LogP contribution in [-0.2, 0) is 16.0 Å². The number of rotatable bonds is 5. The Labute approximate surface area is 177 Å². The minimum Gasteiger partial charge on any atom is -0.321 e. The van der Waals surface area contributed by atoms with Gasteiger partial charge in [-0.3, -0.25) is 19.7 Å². The molecule has 0 radical (unpaired) electrons. The van der Waals surface area contributed by atoms with Crippen molar-refractivity contribution in [1.82, 2.24) is 20.3 Å². The highest BCUT2D eigenvalue weighted by atomic mass is 35.5. The largest absolute Gasteiger partial charge is 0.321 e. The van der Waals surface area contributed by atoms with Gasteiger partial charge in [0.1, 0.15) is 0 Å². The molecule has 8 nitrogen and oxygen atoms in total. The molecule has 9 heteroatoms. The number of aromatic nitrogens is 3. The average Bonchev–Trinajstić information content (AvgIpc) is 3.25. The third kappa shape index (κ3) is 3.95. The van der Waals surface area contributed by atoms with Gasteiger partial charge in [0, 0.05) is 12.1 Å². The monoisotopic (exact) mass is 423 g/mol. The maximum atomic E-state index is 12.7. The van der Waals surface area contributed by atoms with Crippen LogP contribution in [0.25, 0.3) is 5.69 Å². The fraction of sp³-hybridized carbons (Fsp3) is 0.190. The quantitative estimate of drug-likeness (QED) is 0.614. The van der Waals surface area contributed by atoms with Crippen LogP contribution in [0.5, 0.6) is 0 Å². The second-order valence-corrected chi connectivity index (χ2v) is 7.46. The van der Waals surface area contributed by atoms with E-state index >= 15 is 0 Å². The van der Waals surface area contributed by atoms with Crippen molar-refractivity contribution in [3.05, 3.63) is 70.5 Å². The van der Waals surface area contributed by atoms with Gasteiger partial charge in [-0.1, -0.05) is 41.1 Å². The Morgan fingerprint density at radius 1 is 1.20 bits per heavy atom. The van der Waals surface area contributed by atoms with Gasteiger partial charge in [-0.15, -0.1) is 5.10 Å². The smallest absolute Gasteiger partial charge is 0.278 e. The molecule has 3 aromatic rings. The van der Waals surface area contributed by atoms with Crippen LogP contribution >= 0.6 is 11.6 Å². The first-order valence-electron chi connectivity index (χ1n) is 9.33. The second kappa shape index (κ2) is 8.08. The van der Waals surface area contributed by atoms with Crippen molar-refractivity contribution in [1.29, 1.82) is 0 Å². The molecule has 2 aromatic carbocycles. The van der Waals surface area contributed by atoms with Gasteiger partial charge in [-0.25, -0.2) is 4.68 Å². The van der Waals surface area contributed by atoms with Gasteiger partial charge in [0.15, 0.2) is 5.69 Å². The van der Waals surface area contributed by atoms with Gasteiger partial charge in [0.25, 0.3) is 5.91 Å². The molecule has 152 valence electrons. The minimum atomic E-state index is -0.390. The highest BCUT2D eigenvalue weighted by Gasteiger charge is 2.30.